The highest BCUT2D eigenvalue weighted by atomic mass is 35.5. The summed E-state index contributed by atoms with van der Waals surface area (Å²) >= 11 is 7.50. The minimum Gasteiger partial charge on any atom is -0.462 e. The van der Waals surface area contributed by atoms with Gasteiger partial charge in [-0.05, 0) is 62.4 Å². The lowest BCUT2D eigenvalue weighted by molar-refractivity contribution is -0.147. The number of esters is 1. The van der Waals surface area contributed by atoms with Crippen LogP contribution in [0.4, 0.5) is 0 Å². The van der Waals surface area contributed by atoms with Gasteiger partial charge in [0.2, 0.25) is 0 Å². The highest BCUT2D eigenvalue weighted by Crippen LogP contribution is 2.28. The number of carbonyl (C=O) groups excluding carboxylic acids is 1. The van der Waals surface area contributed by atoms with Crippen LogP contribution in [0.2, 0.25) is 5.02 Å². The van der Waals surface area contributed by atoms with E-state index in [1.165, 1.54) is 18.2 Å². The van der Waals surface area contributed by atoms with Gasteiger partial charge in [0.25, 0.3) is 0 Å². The van der Waals surface area contributed by atoms with Crippen molar-refractivity contribution in [1.82, 2.24) is 14.6 Å². The van der Waals surface area contributed by atoms with E-state index in [9.17, 15) is 4.79 Å². The van der Waals surface area contributed by atoms with Gasteiger partial charge in [-0.25, -0.2) is 0 Å². The van der Waals surface area contributed by atoms with Crippen molar-refractivity contribution in [3.63, 3.8) is 0 Å². The summed E-state index contributed by atoms with van der Waals surface area (Å²) in [6.07, 6.45) is 5.58. The molecule has 0 atom stereocenters. The van der Waals surface area contributed by atoms with Crippen molar-refractivity contribution in [2.75, 3.05) is 5.75 Å². The number of thioether (sulfide) groups is 1. The number of nitrogens with zero attached hydrogens (tertiary/aromatic N) is 3. The molecule has 1 aromatic carbocycles. The van der Waals surface area contributed by atoms with E-state index in [1.807, 2.05) is 35.6 Å². The SMILES string of the molecule is Cc1cc2nnc(SCC(=O)OC3CCCCC3)n2c2ccc(Cl)cc12. The molecule has 0 aliphatic heterocycles. The van der Waals surface area contributed by atoms with Gasteiger partial charge in [-0.15, -0.1) is 10.2 Å². The minimum absolute atomic E-state index is 0.0811. The van der Waals surface area contributed by atoms with Gasteiger partial charge in [-0.2, -0.15) is 0 Å². The quantitative estimate of drug-likeness (QED) is 0.473. The molecular formula is C19H20ClN3O2S. The molecule has 1 saturated carbocycles. The van der Waals surface area contributed by atoms with Crippen molar-refractivity contribution >= 4 is 45.9 Å². The van der Waals surface area contributed by atoms with Crippen LogP contribution in [0, 0.1) is 6.92 Å². The Balaban J connectivity index is 1.56. The fourth-order valence-corrected chi connectivity index (χ4v) is 4.42. The zero-order valence-corrected chi connectivity index (χ0v) is 16.1. The normalized spacial score (nSPS) is 15.6. The standard InChI is InChI=1S/C19H20ClN3O2S/c1-12-9-17-21-22-19(23(17)16-8-7-13(20)10-15(12)16)26-11-18(24)25-14-5-3-2-4-6-14/h7-10,14H,2-6,11H2,1H3. The highest BCUT2D eigenvalue weighted by Gasteiger charge is 2.19. The molecule has 0 radical (unpaired) electrons. The second-order valence-electron chi connectivity index (χ2n) is 6.70. The van der Waals surface area contributed by atoms with Gasteiger partial charge in [0.15, 0.2) is 10.8 Å². The maximum absolute atomic E-state index is 12.2. The van der Waals surface area contributed by atoms with Crippen molar-refractivity contribution < 1.29 is 9.53 Å². The molecular weight excluding hydrogens is 370 g/mol. The zero-order valence-electron chi connectivity index (χ0n) is 14.6. The lowest BCUT2D eigenvalue weighted by Gasteiger charge is -2.21. The predicted molar refractivity (Wildman–Crippen MR) is 104 cm³/mol. The van der Waals surface area contributed by atoms with Gasteiger partial charge < -0.3 is 4.74 Å². The van der Waals surface area contributed by atoms with E-state index >= 15 is 0 Å². The van der Waals surface area contributed by atoms with Crippen LogP contribution in [-0.2, 0) is 9.53 Å². The summed E-state index contributed by atoms with van der Waals surface area (Å²) in [4.78, 5) is 12.2. The summed E-state index contributed by atoms with van der Waals surface area (Å²) in [6.45, 7) is 2.03. The topological polar surface area (TPSA) is 56.5 Å². The molecule has 2 heterocycles. The van der Waals surface area contributed by atoms with Crippen LogP contribution in [0.1, 0.15) is 37.7 Å². The fraction of sp³-hybridized carbons (Fsp3) is 0.421. The average molecular weight is 390 g/mol. The van der Waals surface area contributed by atoms with Gasteiger partial charge in [0.1, 0.15) is 6.10 Å². The number of fused-ring (bicyclic) bond motifs is 3. The van der Waals surface area contributed by atoms with E-state index in [0.717, 1.165) is 47.8 Å². The number of aryl methyl sites for hydroxylation is 1. The third kappa shape index (κ3) is 3.53. The monoisotopic (exact) mass is 389 g/mol. The Labute approximate surface area is 161 Å². The van der Waals surface area contributed by atoms with E-state index in [1.54, 1.807) is 0 Å². The molecule has 2 aromatic heterocycles. The van der Waals surface area contributed by atoms with Crippen LogP contribution >= 0.6 is 23.4 Å². The summed E-state index contributed by atoms with van der Waals surface area (Å²) in [6, 6.07) is 7.74. The van der Waals surface area contributed by atoms with E-state index in [-0.39, 0.29) is 17.8 Å². The largest absolute Gasteiger partial charge is 0.462 e. The summed E-state index contributed by atoms with van der Waals surface area (Å²) in [5, 5.41) is 10.9. The first-order valence-corrected chi connectivity index (χ1v) is 10.2. The van der Waals surface area contributed by atoms with Gasteiger partial charge in [0.05, 0.1) is 11.3 Å². The van der Waals surface area contributed by atoms with Crippen molar-refractivity contribution in [2.45, 2.75) is 50.3 Å². The molecule has 1 aliphatic rings. The number of carbonyl (C=O) groups is 1. The van der Waals surface area contributed by atoms with Crippen LogP contribution in [-0.4, -0.2) is 32.4 Å². The summed E-state index contributed by atoms with van der Waals surface area (Å²) in [5.74, 6) is 0.0541. The number of halogens is 1. The molecule has 7 heteroatoms. The second-order valence-corrected chi connectivity index (χ2v) is 8.08. The second kappa shape index (κ2) is 7.45. The molecule has 26 heavy (non-hydrogen) atoms. The van der Waals surface area contributed by atoms with Crippen LogP contribution in [0.5, 0.6) is 0 Å². The molecule has 5 nitrogen and oxygen atoms in total. The fourth-order valence-electron chi connectivity index (χ4n) is 3.51. The summed E-state index contributed by atoms with van der Waals surface area (Å²) < 4.78 is 7.56. The Morgan fingerprint density at radius 2 is 2.08 bits per heavy atom. The Hall–Kier alpha value is -1.79. The Morgan fingerprint density at radius 1 is 1.27 bits per heavy atom. The molecule has 1 fully saturated rings. The molecule has 0 unspecified atom stereocenters. The van der Waals surface area contributed by atoms with Crippen molar-refractivity contribution in [2.24, 2.45) is 0 Å². The number of benzene rings is 1. The molecule has 4 rings (SSSR count). The third-order valence-corrected chi connectivity index (χ3v) is 5.94. The maximum atomic E-state index is 12.2. The molecule has 136 valence electrons. The number of ether oxygens (including phenoxy) is 1. The predicted octanol–water partition coefficient (Wildman–Crippen LogP) is 4.81. The van der Waals surface area contributed by atoms with E-state index in [2.05, 4.69) is 10.2 Å². The molecule has 0 N–H and O–H groups in total. The smallest absolute Gasteiger partial charge is 0.316 e. The molecule has 0 amide bonds. The Morgan fingerprint density at radius 3 is 2.88 bits per heavy atom. The number of hydrogen-bond donors (Lipinski definition) is 0. The van der Waals surface area contributed by atoms with E-state index < -0.39 is 0 Å². The van der Waals surface area contributed by atoms with Crippen molar-refractivity contribution in [3.05, 3.63) is 34.9 Å². The molecule has 3 aromatic rings. The molecule has 0 saturated heterocycles. The van der Waals surface area contributed by atoms with Crippen molar-refractivity contribution in [1.29, 1.82) is 0 Å². The number of hydrogen-bond acceptors (Lipinski definition) is 5. The highest BCUT2D eigenvalue weighted by molar-refractivity contribution is 7.99. The molecule has 0 bridgehead atoms. The minimum atomic E-state index is -0.182. The lowest BCUT2D eigenvalue weighted by atomic mass is 9.98. The molecule has 0 spiro atoms. The number of pyridine rings is 1. The zero-order chi connectivity index (χ0) is 18.1. The van der Waals surface area contributed by atoms with Crippen LogP contribution < -0.4 is 0 Å². The number of rotatable bonds is 4. The van der Waals surface area contributed by atoms with E-state index in [4.69, 9.17) is 16.3 Å². The molecule has 1 aliphatic carbocycles. The van der Waals surface area contributed by atoms with Crippen LogP contribution in [0.15, 0.2) is 29.4 Å². The number of aromatic nitrogens is 3. The lowest BCUT2D eigenvalue weighted by Crippen LogP contribution is -2.22. The summed E-state index contributed by atoms with van der Waals surface area (Å²) in [5.41, 5.74) is 2.84. The van der Waals surface area contributed by atoms with Crippen LogP contribution in [0.25, 0.3) is 16.6 Å². The first kappa shape index (κ1) is 17.6. The van der Waals surface area contributed by atoms with Crippen molar-refractivity contribution in [3.8, 4) is 0 Å². The van der Waals surface area contributed by atoms with E-state index in [0.29, 0.717) is 10.2 Å². The first-order chi connectivity index (χ1) is 12.6. The van der Waals surface area contributed by atoms with Gasteiger partial charge in [-0.1, -0.05) is 29.8 Å². The van der Waals surface area contributed by atoms with Crippen LogP contribution in [0.3, 0.4) is 0 Å². The van der Waals surface area contributed by atoms with Gasteiger partial charge in [-0.3, -0.25) is 9.20 Å². The van der Waals surface area contributed by atoms with Gasteiger partial charge in [0, 0.05) is 10.4 Å². The van der Waals surface area contributed by atoms with Gasteiger partial charge >= 0.3 is 5.97 Å². The Kier molecular flexibility index (Phi) is 5.05. The first-order valence-electron chi connectivity index (χ1n) is 8.88. The Bertz CT molecular complexity index is 966. The summed E-state index contributed by atoms with van der Waals surface area (Å²) in [7, 11) is 0. The average Bonchev–Trinajstić information content (AvgIpc) is 3.04. The maximum Gasteiger partial charge on any atom is 0.316 e. The third-order valence-electron chi connectivity index (χ3n) is 4.80.